The van der Waals surface area contributed by atoms with Crippen molar-refractivity contribution in [2.75, 3.05) is 13.2 Å². The van der Waals surface area contributed by atoms with Crippen LogP contribution < -0.4 is 0 Å². The summed E-state index contributed by atoms with van der Waals surface area (Å²) >= 11 is 0. The predicted octanol–water partition coefficient (Wildman–Crippen LogP) is 15.9. The molecular formula is C50H96O6. The first-order valence-electron chi connectivity index (χ1n) is 24.9. The van der Waals surface area contributed by atoms with Crippen LogP contribution in [0.15, 0.2) is 0 Å². The molecule has 6 nitrogen and oxygen atoms in total. The second-order valence-corrected chi connectivity index (χ2v) is 17.6. The lowest BCUT2D eigenvalue weighted by molar-refractivity contribution is -0.167. The van der Waals surface area contributed by atoms with Gasteiger partial charge in [0, 0.05) is 19.3 Å². The molecule has 1 atom stereocenters. The largest absolute Gasteiger partial charge is 0.462 e. The van der Waals surface area contributed by atoms with Crippen molar-refractivity contribution in [1.29, 1.82) is 0 Å². The molecule has 0 rings (SSSR count). The standard InChI is InChI=1S/C50H96O6/c1-5-7-9-11-13-15-26-29-33-37-41-48(51)54-44-47(56-50(53)43-39-35-31-24-14-12-10-8-6-2)45-55-49(52)42-38-34-30-27-23-21-19-17-16-18-20-22-25-28-32-36-40-46(3)4/h46-47H,5-45H2,1-4H3/t47-/m1/s1. The van der Waals surface area contributed by atoms with Crippen molar-refractivity contribution in [2.45, 2.75) is 284 Å². The SMILES string of the molecule is CCCCCCCCCCCCC(=O)OC[C@H](COC(=O)CCCCCCCCCCCCCCCCCCC(C)C)OC(=O)CCCCCCCCCCC. The highest BCUT2D eigenvalue weighted by Gasteiger charge is 2.19. The number of ether oxygens (including phenoxy) is 3. The minimum absolute atomic E-state index is 0.0632. The Morgan fingerprint density at radius 3 is 0.875 bits per heavy atom. The van der Waals surface area contributed by atoms with E-state index >= 15 is 0 Å². The highest BCUT2D eigenvalue weighted by Crippen LogP contribution is 2.17. The van der Waals surface area contributed by atoms with E-state index in [2.05, 4.69) is 27.7 Å². The Hall–Kier alpha value is -1.59. The fourth-order valence-corrected chi connectivity index (χ4v) is 7.51. The lowest BCUT2D eigenvalue weighted by Crippen LogP contribution is -2.30. The maximum atomic E-state index is 12.7. The Balaban J connectivity index is 4.18. The van der Waals surface area contributed by atoms with Crippen LogP contribution in [0.25, 0.3) is 0 Å². The van der Waals surface area contributed by atoms with Crippen molar-refractivity contribution in [2.24, 2.45) is 5.92 Å². The zero-order chi connectivity index (χ0) is 41.0. The minimum Gasteiger partial charge on any atom is -0.462 e. The lowest BCUT2D eigenvalue weighted by atomic mass is 10.0. The lowest BCUT2D eigenvalue weighted by Gasteiger charge is -2.18. The summed E-state index contributed by atoms with van der Waals surface area (Å²) in [7, 11) is 0. The normalized spacial score (nSPS) is 11.9. The van der Waals surface area contributed by atoms with Crippen LogP contribution in [0, 0.1) is 5.92 Å². The summed E-state index contributed by atoms with van der Waals surface area (Å²) in [5.74, 6) is 0.00113. The van der Waals surface area contributed by atoms with Gasteiger partial charge in [-0.25, -0.2) is 0 Å². The van der Waals surface area contributed by atoms with E-state index in [9.17, 15) is 14.4 Å². The highest BCUT2D eigenvalue weighted by molar-refractivity contribution is 5.71. The number of esters is 3. The first kappa shape index (κ1) is 54.4. The number of rotatable bonds is 45. The van der Waals surface area contributed by atoms with Crippen LogP contribution >= 0.6 is 0 Å². The number of hydrogen-bond acceptors (Lipinski definition) is 6. The van der Waals surface area contributed by atoms with Crippen molar-refractivity contribution < 1.29 is 28.6 Å². The quantitative estimate of drug-likeness (QED) is 0.0347. The third kappa shape index (κ3) is 43.5. The molecule has 332 valence electrons. The zero-order valence-electron chi connectivity index (χ0n) is 38.1. The number of unbranched alkanes of at least 4 members (excludes halogenated alkanes) is 32. The molecule has 0 saturated heterocycles. The summed E-state index contributed by atoms with van der Waals surface area (Å²) in [5.41, 5.74) is 0. The van der Waals surface area contributed by atoms with Gasteiger partial charge < -0.3 is 14.2 Å². The molecule has 0 aromatic rings. The number of carbonyl (C=O) groups is 3. The van der Waals surface area contributed by atoms with Crippen LogP contribution in [0.3, 0.4) is 0 Å². The van der Waals surface area contributed by atoms with E-state index in [4.69, 9.17) is 14.2 Å². The summed E-state index contributed by atoms with van der Waals surface area (Å²) in [6.07, 6.45) is 45.2. The molecule has 6 heteroatoms. The third-order valence-electron chi connectivity index (χ3n) is 11.3. The van der Waals surface area contributed by atoms with E-state index in [1.807, 2.05) is 0 Å². The van der Waals surface area contributed by atoms with Gasteiger partial charge in [0.1, 0.15) is 13.2 Å². The van der Waals surface area contributed by atoms with Gasteiger partial charge in [-0.15, -0.1) is 0 Å². The Labute approximate surface area is 348 Å². The van der Waals surface area contributed by atoms with Crippen molar-refractivity contribution in [3.05, 3.63) is 0 Å². The first-order valence-corrected chi connectivity index (χ1v) is 24.9. The van der Waals surface area contributed by atoms with Crippen LogP contribution in [0.2, 0.25) is 0 Å². The maximum Gasteiger partial charge on any atom is 0.306 e. The Kier molecular flexibility index (Phi) is 43.2. The van der Waals surface area contributed by atoms with Gasteiger partial charge in [-0.1, -0.05) is 240 Å². The summed E-state index contributed by atoms with van der Waals surface area (Å²) in [5, 5.41) is 0. The molecule has 0 aliphatic heterocycles. The maximum absolute atomic E-state index is 12.7. The third-order valence-corrected chi connectivity index (χ3v) is 11.3. The van der Waals surface area contributed by atoms with E-state index in [1.165, 1.54) is 173 Å². The molecule has 56 heavy (non-hydrogen) atoms. The van der Waals surface area contributed by atoms with Gasteiger partial charge >= 0.3 is 17.9 Å². The summed E-state index contributed by atoms with van der Waals surface area (Å²) in [6.45, 7) is 9.00. The summed E-state index contributed by atoms with van der Waals surface area (Å²) in [6, 6.07) is 0. The smallest absolute Gasteiger partial charge is 0.306 e. The van der Waals surface area contributed by atoms with Crippen molar-refractivity contribution in [3.63, 3.8) is 0 Å². The molecular weight excluding hydrogens is 697 g/mol. The van der Waals surface area contributed by atoms with Gasteiger partial charge in [-0.05, 0) is 25.2 Å². The van der Waals surface area contributed by atoms with Gasteiger partial charge in [0.25, 0.3) is 0 Å². The monoisotopic (exact) mass is 793 g/mol. The molecule has 0 bridgehead atoms. The average Bonchev–Trinajstić information content (AvgIpc) is 3.18. The predicted molar refractivity (Wildman–Crippen MR) is 238 cm³/mol. The molecule has 0 N–H and O–H groups in total. The molecule has 0 amide bonds. The van der Waals surface area contributed by atoms with E-state index in [1.54, 1.807) is 0 Å². The van der Waals surface area contributed by atoms with Crippen LogP contribution in [-0.4, -0.2) is 37.2 Å². The fourth-order valence-electron chi connectivity index (χ4n) is 7.51. The van der Waals surface area contributed by atoms with Crippen LogP contribution in [0.4, 0.5) is 0 Å². The van der Waals surface area contributed by atoms with Gasteiger partial charge in [0.15, 0.2) is 6.10 Å². The molecule has 0 aromatic carbocycles. The summed E-state index contributed by atoms with van der Waals surface area (Å²) < 4.78 is 16.7. The number of carbonyl (C=O) groups excluding carboxylic acids is 3. The fraction of sp³-hybridized carbons (Fsp3) is 0.940. The van der Waals surface area contributed by atoms with Crippen LogP contribution in [-0.2, 0) is 28.6 Å². The van der Waals surface area contributed by atoms with Crippen LogP contribution in [0.1, 0.15) is 278 Å². The Morgan fingerprint density at radius 2 is 0.589 bits per heavy atom. The molecule has 0 fully saturated rings. The average molecular weight is 793 g/mol. The second kappa shape index (κ2) is 44.5. The van der Waals surface area contributed by atoms with Crippen molar-refractivity contribution in [3.8, 4) is 0 Å². The van der Waals surface area contributed by atoms with E-state index < -0.39 is 6.10 Å². The molecule has 0 aliphatic carbocycles. The van der Waals surface area contributed by atoms with Gasteiger partial charge in [0.05, 0.1) is 0 Å². The molecule has 0 radical (unpaired) electrons. The van der Waals surface area contributed by atoms with Crippen molar-refractivity contribution >= 4 is 17.9 Å². The molecule has 0 spiro atoms. The molecule has 0 aliphatic rings. The zero-order valence-corrected chi connectivity index (χ0v) is 38.1. The van der Waals surface area contributed by atoms with E-state index in [-0.39, 0.29) is 31.1 Å². The molecule has 0 saturated carbocycles. The molecule has 0 unspecified atom stereocenters. The summed E-state index contributed by atoms with van der Waals surface area (Å²) in [4.78, 5) is 37.7. The van der Waals surface area contributed by atoms with Gasteiger partial charge in [0.2, 0.25) is 0 Å². The molecule has 0 heterocycles. The van der Waals surface area contributed by atoms with E-state index in [0.717, 1.165) is 63.7 Å². The Bertz CT molecular complexity index is 841. The first-order chi connectivity index (χ1) is 27.4. The van der Waals surface area contributed by atoms with E-state index in [0.29, 0.717) is 19.3 Å². The van der Waals surface area contributed by atoms with Crippen molar-refractivity contribution in [1.82, 2.24) is 0 Å². The minimum atomic E-state index is -0.758. The van der Waals surface area contributed by atoms with Gasteiger partial charge in [-0.3, -0.25) is 14.4 Å². The van der Waals surface area contributed by atoms with Gasteiger partial charge in [-0.2, -0.15) is 0 Å². The highest BCUT2D eigenvalue weighted by atomic mass is 16.6. The molecule has 0 aromatic heterocycles. The Morgan fingerprint density at radius 1 is 0.339 bits per heavy atom. The second-order valence-electron chi connectivity index (χ2n) is 17.6. The van der Waals surface area contributed by atoms with Crippen LogP contribution in [0.5, 0.6) is 0 Å². The topological polar surface area (TPSA) is 78.9 Å². The number of hydrogen-bond donors (Lipinski definition) is 0.